The number of non-ortho nitro benzene ring substituents is 1. The standard InChI is InChI=1S/C17H17N3O5/c1-11-7-8-18(19-15(9-11)12(2)16(19)21)17(22)25-10-13-3-5-14(6-4-13)20(23)24/h3-9,12,15H,10H2,1-2H3. The predicted octanol–water partition coefficient (Wildman–Crippen LogP) is 2.77. The minimum Gasteiger partial charge on any atom is -0.443 e. The molecule has 1 fully saturated rings. The van der Waals surface area contributed by atoms with Gasteiger partial charge in [0.1, 0.15) is 6.61 Å². The molecule has 130 valence electrons. The summed E-state index contributed by atoms with van der Waals surface area (Å²) < 4.78 is 5.24. The summed E-state index contributed by atoms with van der Waals surface area (Å²) in [5.74, 6) is -0.326. The van der Waals surface area contributed by atoms with Crippen molar-refractivity contribution in [1.82, 2.24) is 10.0 Å². The van der Waals surface area contributed by atoms with E-state index in [2.05, 4.69) is 0 Å². The Bertz CT molecular complexity index is 784. The minimum absolute atomic E-state index is 0.0323. The molecule has 0 radical (unpaired) electrons. The molecule has 8 nitrogen and oxygen atoms in total. The summed E-state index contributed by atoms with van der Waals surface area (Å²) in [7, 11) is 0. The summed E-state index contributed by atoms with van der Waals surface area (Å²) in [6.45, 7) is 3.67. The van der Waals surface area contributed by atoms with E-state index in [1.54, 1.807) is 6.08 Å². The molecule has 25 heavy (non-hydrogen) atoms. The first-order chi connectivity index (χ1) is 11.9. The smallest absolute Gasteiger partial charge is 0.433 e. The van der Waals surface area contributed by atoms with Crippen molar-refractivity contribution in [3.05, 3.63) is 63.9 Å². The van der Waals surface area contributed by atoms with Gasteiger partial charge in [0.2, 0.25) is 5.91 Å². The number of hydrazine groups is 1. The van der Waals surface area contributed by atoms with Gasteiger partial charge in [-0.15, -0.1) is 0 Å². The number of benzene rings is 1. The Morgan fingerprint density at radius 3 is 2.64 bits per heavy atom. The second-order valence-corrected chi connectivity index (χ2v) is 6.01. The molecule has 2 aliphatic rings. The number of nitro benzene ring substituents is 1. The highest BCUT2D eigenvalue weighted by atomic mass is 16.6. The van der Waals surface area contributed by atoms with E-state index in [1.807, 2.05) is 19.9 Å². The fourth-order valence-corrected chi connectivity index (χ4v) is 2.75. The van der Waals surface area contributed by atoms with Gasteiger partial charge in [-0.25, -0.2) is 9.80 Å². The van der Waals surface area contributed by atoms with Crippen LogP contribution in [0.5, 0.6) is 0 Å². The number of rotatable bonds is 3. The lowest BCUT2D eigenvalue weighted by atomic mass is 9.90. The molecule has 0 spiro atoms. The van der Waals surface area contributed by atoms with Gasteiger partial charge in [-0.2, -0.15) is 5.01 Å². The first kappa shape index (κ1) is 16.7. The van der Waals surface area contributed by atoms with Crippen LogP contribution >= 0.6 is 0 Å². The maximum absolute atomic E-state index is 12.4. The number of carbonyl (C=O) groups is 2. The Kier molecular flexibility index (Phi) is 4.26. The van der Waals surface area contributed by atoms with E-state index in [4.69, 9.17) is 4.74 Å². The quantitative estimate of drug-likeness (QED) is 0.478. The monoisotopic (exact) mass is 343 g/mol. The van der Waals surface area contributed by atoms with Crippen molar-refractivity contribution in [1.29, 1.82) is 0 Å². The highest BCUT2D eigenvalue weighted by molar-refractivity contribution is 5.88. The number of ether oxygens (including phenoxy) is 1. The molecule has 1 aromatic rings. The van der Waals surface area contributed by atoms with Crippen LogP contribution in [0, 0.1) is 16.0 Å². The molecule has 3 rings (SSSR count). The molecule has 2 unspecified atom stereocenters. The Balaban J connectivity index is 1.67. The zero-order chi connectivity index (χ0) is 18.1. The summed E-state index contributed by atoms with van der Waals surface area (Å²) in [6, 6.07) is 5.57. The molecule has 0 bridgehead atoms. The molecule has 0 aromatic heterocycles. The predicted molar refractivity (Wildman–Crippen MR) is 87.8 cm³/mol. The summed E-state index contributed by atoms with van der Waals surface area (Å²) >= 11 is 0. The Morgan fingerprint density at radius 1 is 1.32 bits per heavy atom. The van der Waals surface area contributed by atoms with E-state index < -0.39 is 11.0 Å². The fourth-order valence-electron chi connectivity index (χ4n) is 2.75. The highest BCUT2D eigenvalue weighted by Crippen LogP contribution is 2.32. The average Bonchev–Trinajstić information content (AvgIpc) is 2.76. The van der Waals surface area contributed by atoms with Crippen molar-refractivity contribution in [3.8, 4) is 0 Å². The number of amides is 2. The van der Waals surface area contributed by atoms with Gasteiger partial charge in [0, 0.05) is 18.3 Å². The first-order valence-electron chi connectivity index (χ1n) is 7.77. The molecule has 2 amide bonds. The van der Waals surface area contributed by atoms with E-state index in [9.17, 15) is 19.7 Å². The summed E-state index contributed by atoms with van der Waals surface area (Å²) in [4.78, 5) is 34.6. The number of nitro groups is 1. The molecule has 2 atom stereocenters. The fraction of sp³-hybridized carbons (Fsp3) is 0.294. The number of carbonyl (C=O) groups excluding carboxylic acids is 2. The summed E-state index contributed by atoms with van der Waals surface area (Å²) in [6.07, 6.45) is 4.51. The van der Waals surface area contributed by atoms with Crippen molar-refractivity contribution in [2.45, 2.75) is 26.5 Å². The van der Waals surface area contributed by atoms with Crippen LogP contribution in [0.25, 0.3) is 0 Å². The zero-order valence-corrected chi connectivity index (χ0v) is 13.8. The minimum atomic E-state index is -0.678. The van der Waals surface area contributed by atoms with Crippen molar-refractivity contribution in [2.24, 2.45) is 5.92 Å². The molecular weight excluding hydrogens is 326 g/mol. The van der Waals surface area contributed by atoms with Gasteiger partial charge >= 0.3 is 6.09 Å². The number of hydrogen-bond acceptors (Lipinski definition) is 5. The zero-order valence-electron chi connectivity index (χ0n) is 13.8. The van der Waals surface area contributed by atoms with Gasteiger partial charge in [-0.05, 0) is 30.7 Å². The van der Waals surface area contributed by atoms with E-state index in [0.717, 1.165) is 5.57 Å². The molecule has 8 heteroatoms. The van der Waals surface area contributed by atoms with Crippen LogP contribution in [0.1, 0.15) is 19.4 Å². The molecule has 1 aromatic carbocycles. The first-order valence-corrected chi connectivity index (χ1v) is 7.77. The second-order valence-electron chi connectivity index (χ2n) is 6.01. The van der Waals surface area contributed by atoms with E-state index >= 15 is 0 Å². The molecule has 2 aliphatic heterocycles. The Morgan fingerprint density at radius 2 is 2.00 bits per heavy atom. The van der Waals surface area contributed by atoms with E-state index in [0.29, 0.717) is 5.56 Å². The molecule has 0 N–H and O–H groups in total. The van der Waals surface area contributed by atoms with Crippen LogP contribution in [-0.4, -0.2) is 33.0 Å². The second kappa shape index (κ2) is 6.39. The lowest BCUT2D eigenvalue weighted by molar-refractivity contribution is -0.384. The largest absolute Gasteiger partial charge is 0.443 e. The molecule has 1 saturated heterocycles. The van der Waals surface area contributed by atoms with Crippen LogP contribution in [0.3, 0.4) is 0 Å². The third-order valence-electron chi connectivity index (χ3n) is 4.25. The SMILES string of the molecule is CC1=CC2C(C)C(=O)N2N(C(=O)OCc2ccc([N+](=O)[O-])cc2)C=C1. The summed E-state index contributed by atoms with van der Waals surface area (Å²) in [5.41, 5.74) is 1.54. The number of allylic oxidation sites excluding steroid dienone is 2. The van der Waals surface area contributed by atoms with Crippen molar-refractivity contribution >= 4 is 17.7 Å². The highest BCUT2D eigenvalue weighted by Gasteiger charge is 2.48. The van der Waals surface area contributed by atoms with E-state index in [-0.39, 0.29) is 30.2 Å². The van der Waals surface area contributed by atoms with Crippen LogP contribution < -0.4 is 0 Å². The van der Waals surface area contributed by atoms with Gasteiger partial charge in [-0.3, -0.25) is 14.9 Å². The van der Waals surface area contributed by atoms with Gasteiger partial charge in [0.25, 0.3) is 5.69 Å². The van der Waals surface area contributed by atoms with Crippen LogP contribution in [0.2, 0.25) is 0 Å². The lowest BCUT2D eigenvalue weighted by Crippen LogP contribution is -2.65. The molecule has 0 aliphatic carbocycles. The third-order valence-corrected chi connectivity index (χ3v) is 4.25. The molecule has 0 saturated carbocycles. The van der Waals surface area contributed by atoms with Crippen molar-refractivity contribution in [2.75, 3.05) is 0 Å². The third kappa shape index (κ3) is 3.10. The van der Waals surface area contributed by atoms with Gasteiger partial charge in [-0.1, -0.05) is 18.6 Å². The Labute approximate surface area is 144 Å². The Hall–Kier alpha value is -3.16. The summed E-state index contributed by atoms with van der Waals surface area (Å²) in [5, 5.41) is 13.2. The van der Waals surface area contributed by atoms with Crippen LogP contribution in [-0.2, 0) is 16.1 Å². The number of fused-ring (bicyclic) bond motifs is 1. The van der Waals surface area contributed by atoms with Gasteiger partial charge in [0.15, 0.2) is 0 Å². The van der Waals surface area contributed by atoms with Crippen LogP contribution in [0.4, 0.5) is 10.5 Å². The van der Waals surface area contributed by atoms with Gasteiger partial charge in [0.05, 0.1) is 16.9 Å². The van der Waals surface area contributed by atoms with Gasteiger partial charge < -0.3 is 4.74 Å². The number of nitrogens with zero attached hydrogens (tertiary/aromatic N) is 3. The maximum Gasteiger partial charge on any atom is 0.433 e. The van der Waals surface area contributed by atoms with Crippen LogP contribution in [0.15, 0.2) is 48.2 Å². The van der Waals surface area contributed by atoms with Crippen molar-refractivity contribution < 1.29 is 19.2 Å². The lowest BCUT2D eigenvalue weighted by Gasteiger charge is -2.47. The molecular formula is C17H17N3O5. The number of β-lactam (4-membered cyclic amide) rings is 1. The number of hydrogen-bond donors (Lipinski definition) is 0. The average molecular weight is 343 g/mol. The topological polar surface area (TPSA) is 93.0 Å². The van der Waals surface area contributed by atoms with Crippen molar-refractivity contribution in [3.63, 3.8) is 0 Å². The maximum atomic E-state index is 12.4. The molecule has 2 heterocycles. The normalized spacial score (nSPS) is 21.8. The van der Waals surface area contributed by atoms with E-state index in [1.165, 1.54) is 40.5 Å².